The van der Waals surface area contributed by atoms with Gasteiger partial charge in [0.05, 0.1) is 0 Å². The summed E-state index contributed by atoms with van der Waals surface area (Å²) >= 11 is 7.21. The van der Waals surface area contributed by atoms with Crippen molar-refractivity contribution >= 4 is 34.0 Å². The van der Waals surface area contributed by atoms with Gasteiger partial charge in [-0.2, -0.15) is 4.98 Å². The van der Waals surface area contributed by atoms with Crippen LogP contribution in [0.1, 0.15) is 28.7 Å². The zero-order valence-corrected chi connectivity index (χ0v) is 14.4. The molecule has 0 saturated heterocycles. The lowest BCUT2D eigenvalue weighted by molar-refractivity contribution is -0.116. The van der Waals surface area contributed by atoms with Crippen LogP contribution >= 0.6 is 22.9 Å². The van der Waals surface area contributed by atoms with Crippen LogP contribution in [0.5, 0.6) is 0 Å². The van der Waals surface area contributed by atoms with Gasteiger partial charge >= 0.3 is 0 Å². The molecule has 1 amide bonds. The van der Waals surface area contributed by atoms with Crippen LogP contribution in [-0.4, -0.2) is 26.2 Å². The molecular formula is C15H14ClN5O2S. The van der Waals surface area contributed by atoms with Gasteiger partial charge in [-0.3, -0.25) is 4.79 Å². The number of hydrogen-bond acceptors (Lipinski definition) is 7. The van der Waals surface area contributed by atoms with Gasteiger partial charge in [0.25, 0.3) is 0 Å². The van der Waals surface area contributed by atoms with Crippen LogP contribution in [0.25, 0.3) is 0 Å². The molecule has 0 unspecified atom stereocenters. The lowest BCUT2D eigenvalue weighted by Gasteiger charge is -1.98. The maximum absolute atomic E-state index is 11.9. The van der Waals surface area contributed by atoms with E-state index in [-0.39, 0.29) is 12.3 Å². The van der Waals surface area contributed by atoms with Gasteiger partial charge in [-0.15, -0.1) is 10.2 Å². The van der Waals surface area contributed by atoms with Crippen LogP contribution in [0, 0.1) is 6.92 Å². The average Bonchev–Trinajstić information content (AvgIpc) is 3.17. The van der Waals surface area contributed by atoms with Gasteiger partial charge in [0.1, 0.15) is 5.01 Å². The predicted molar refractivity (Wildman–Crippen MR) is 90.2 cm³/mol. The molecule has 2 aromatic heterocycles. The van der Waals surface area contributed by atoms with Gasteiger partial charge in [-0.1, -0.05) is 40.2 Å². The molecule has 0 aliphatic carbocycles. The Kier molecular flexibility index (Phi) is 5.17. The molecule has 0 saturated carbocycles. The van der Waals surface area contributed by atoms with Crippen molar-refractivity contribution in [3.63, 3.8) is 0 Å². The monoisotopic (exact) mass is 363 g/mol. The third kappa shape index (κ3) is 4.59. The van der Waals surface area contributed by atoms with E-state index in [0.717, 1.165) is 10.6 Å². The van der Waals surface area contributed by atoms with Crippen LogP contribution < -0.4 is 5.32 Å². The second-order valence-corrected chi connectivity index (χ2v) is 6.59. The van der Waals surface area contributed by atoms with Crippen molar-refractivity contribution < 1.29 is 9.32 Å². The van der Waals surface area contributed by atoms with E-state index in [2.05, 4.69) is 25.7 Å². The number of halogens is 1. The van der Waals surface area contributed by atoms with Crippen molar-refractivity contribution in [2.75, 3.05) is 5.32 Å². The topological polar surface area (TPSA) is 93.8 Å². The van der Waals surface area contributed by atoms with Crippen molar-refractivity contribution in [1.82, 2.24) is 20.3 Å². The first-order valence-corrected chi connectivity index (χ1v) is 8.44. The summed E-state index contributed by atoms with van der Waals surface area (Å²) in [5, 5.41) is 16.5. The molecule has 0 fully saturated rings. The summed E-state index contributed by atoms with van der Waals surface area (Å²) in [7, 11) is 0. The minimum atomic E-state index is -0.167. The molecule has 0 spiro atoms. The second kappa shape index (κ2) is 7.50. The molecule has 124 valence electrons. The van der Waals surface area contributed by atoms with Gasteiger partial charge in [0.2, 0.25) is 16.9 Å². The van der Waals surface area contributed by atoms with Crippen molar-refractivity contribution in [2.45, 2.75) is 26.2 Å². The van der Waals surface area contributed by atoms with E-state index < -0.39 is 0 Å². The van der Waals surface area contributed by atoms with Crippen LogP contribution in [0.2, 0.25) is 5.02 Å². The average molecular weight is 364 g/mol. The van der Waals surface area contributed by atoms with Crippen molar-refractivity contribution in [3.8, 4) is 0 Å². The summed E-state index contributed by atoms with van der Waals surface area (Å²) in [6.45, 7) is 1.73. The molecule has 0 radical (unpaired) electrons. The summed E-state index contributed by atoms with van der Waals surface area (Å²) in [5.74, 6) is 0.838. The zero-order valence-electron chi connectivity index (χ0n) is 12.8. The highest BCUT2D eigenvalue weighted by Gasteiger charge is 2.11. The minimum absolute atomic E-state index is 0.167. The number of anilines is 1. The normalized spacial score (nSPS) is 10.8. The molecule has 0 atom stereocenters. The number of carbonyl (C=O) groups is 1. The van der Waals surface area contributed by atoms with Crippen molar-refractivity contribution in [1.29, 1.82) is 0 Å². The van der Waals surface area contributed by atoms with E-state index in [9.17, 15) is 4.79 Å². The third-order valence-electron chi connectivity index (χ3n) is 3.12. The SMILES string of the molecule is Cc1noc(CCC(=O)Nc2nnc(Cc3ccc(Cl)cc3)s2)n1. The van der Waals surface area contributed by atoms with E-state index in [4.69, 9.17) is 16.1 Å². The molecule has 2 heterocycles. The highest BCUT2D eigenvalue weighted by molar-refractivity contribution is 7.15. The predicted octanol–water partition coefficient (Wildman–Crippen LogP) is 3.05. The molecule has 0 aliphatic rings. The fourth-order valence-corrected chi connectivity index (χ4v) is 2.91. The summed E-state index contributed by atoms with van der Waals surface area (Å²) in [5.41, 5.74) is 1.08. The molecule has 9 heteroatoms. The molecule has 24 heavy (non-hydrogen) atoms. The number of carbonyl (C=O) groups excluding carboxylic acids is 1. The molecular weight excluding hydrogens is 350 g/mol. The number of aromatic nitrogens is 4. The number of amides is 1. The van der Waals surface area contributed by atoms with Gasteiger partial charge in [0.15, 0.2) is 5.82 Å². The Hall–Kier alpha value is -2.32. The summed E-state index contributed by atoms with van der Waals surface area (Å²) in [6, 6.07) is 7.54. The van der Waals surface area contributed by atoms with Gasteiger partial charge in [0, 0.05) is 24.3 Å². The number of benzene rings is 1. The van der Waals surface area contributed by atoms with E-state index >= 15 is 0 Å². The minimum Gasteiger partial charge on any atom is -0.339 e. The van der Waals surface area contributed by atoms with Crippen LogP contribution in [0.3, 0.4) is 0 Å². The van der Waals surface area contributed by atoms with E-state index in [1.807, 2.05) is 24.3 Å². The maximum Gasteiger partial charge on any atom is 0.227 e. The van der Waals surface area contributed by atoms with Crippen LogP contribution in [0.15, 0.2) is 28.8 Å². The second-order valence-electron chi connectivity index (χ2n) is 5.09. The van der Waals surface area contributed by atoms with E-state index in [1.165, 1.54) is 11.3 Å². The number of nitrogens with zero attached hydrogens (tertiary/aromatic N) is 4. The zero-order chi connectivity index (χ0) is 16.9. The largest absolute Gasteiger partial charge is 0.339 e. The van der Waals surface area contributed by atoms with Crippen molar-refractivity contribution in [3.05, 3.63) is 51.6 Å². The standard InChI is InChI=1S/C15H14ClN5O2S/c1-9-17-13(23-21-9)7-6-12(22)18-15-20-19-14(24-15)8-10-2-4-11(16)5-3-10/h2-5H,6-8H2,1H3,(H,18,20,22). The van der Waals surface area contributed by atoms with Crippen molar-refractivity contribution in [2.24, 2.45) is 0 Å². The molecule has 3 rings (SSSR count). The third-order valence-corrected chi connectivity index (χ3v) is 4.21. The lowest BCUT2D eigenvalue weighted by atomic mass is 10.2. The quantitative estimate of drug-likeness (QED) is 0.723. The van der Waals surface area contributed by atoms with Gasteiger partial charge in [-0.05, 0) is 24.6 Å². The fraction of sp³-hybridized carbons (Fsp3) is 0.267. The Balaban J connectivity index is 1.51. The number of rotatable bonds is 6. The highest BCUT2D eigenvalue weighted by atomic mass is 35.5. The Morgan fingerprint density at radius 1 is 1.29 bits per heavy atom. The Morgan fingerprint density at radius 3 is 2.79 bits per heavy atom. The number of nitrogens with one attached hydrogen (secondary N) is 1. The van der Waals surface area contributed by atoms with Crippen LogP contribution in [-0.2, 0) is 17.6 Å². The number of hydrogen-bond donors (Lipinski definition) is 1. The van der Waals surface area contributed by atoms with Gasteiger partial charge < -0.3 is 9.84 Å². The fourth-order valence-electron chi connectivity index (χ4n) is 2.00. The number of aryl methyl sites for hydroxylation is 2. The van der Waals surface area contributed by atoms with E-state index in [0.29, 0.717) is 34.7 Å². The summed E-state index contributed by atoms with van der Waals surface area (Å²) < 4.78 is 4.97. The molecule has 7 nitrogen and oxygen atoms in total. The maximum atomic E-state index is 11.9. The first-order valence-electron chi connectivity index (χ1n) is 7.24. The molecule has 0 bridgehead atoms. The Morgan fingerprint density at radius 2 is 2.08 bits per heavy atom. The van der Waals surface area contributed by atoms with Gasteiger partial charge in [-0.25, -0.2) is 0 Å². The Labute approximate surface area is 147 Å². The molecule has 1 aromatic carbocycles. The van der Waals surface area contributed by atoms with E-state index in [1.54, 1.807) is 6.92 Å². The highest BCUT2D eigenvalue weighted by Crippen LogP contribution is 2.20. The Bertz CT molecular complexity index is 831. The molecule has 3 aromatic rings. The summed E-state index contributed by atoms with van der Waals surface area (Å²) in [4.78, 5) is 16.0. The molecule has 1 N–H and O–H groups in total. The smallest absolute Gasteiger partial charge is 0.227 e. The van der Waals surface area contributed by atoms with Crippen LogP contribution in [0.4, 0.5) is 5.13 Å². The summed E-state index contributed by atoms with van der Waals surface area (Å²) in [6.07, 6.45) is 1.28. The lowest BCUT2D eigenvalue weighted by Crippen LogP contribution is -2.12. The molecule has 0 aliphatic heterocycles. The first kappa shape index (κ1) is 16.5. The first-order chi connectivity index (χ1) is 11.6.